The van der Waals surface area contributed by atoms with Crippen molar-refractivity contribution in [1.82, 2.24) is 10.3 Å². The van der Waals surface area contributed by atoms with Crippen molar-refractivity contribution < 1.29 is 14.3 Å². The lowest BCUT2D eigenvalue weighted by atomic mass is 10.1. The van der Waals surface area contributed by atoms with Crippen LogP contribution in [0.5, 0.6) is 11.5 Å². The van der Waals surface area contributed by atoms with Gasteiger partial charge in [0.1, 0.15) is 5.03 Å². The standard InChI is InChI=1S/C22H24N2O3S/c1-15-12-17-6-4-5-7-18(17)24-22(15)28-14-21(25)23-11-10-16-8-9-19(26-2)20(13-16)27-3/h4-9,12-13H,10-11,14H2,1-3H3,(H,23,25). The first-order chi connectivity index (χ1) is 13.6. The SMILES string of the molecule is COc1ccc(CCNC(=O)CSc2nc3ccccc3cc2C)cc1OC. The van der Waals surface area contributed by atoms with Crippen molar-refractivity contribution in [1.29, 1.82) is 0 Å². The van der Waals surface area contributed by atoms with Crippen LogP contribution >= 0.6 is 11.8 Å². The van der Waals surface area contributed by atoms with Gasteiger partial charge in [-0.2, -0.15) is 0 Å². The number of amides is 1. The van der Waals surface area contributed by atoms with Gasteiger partial charge in [0.05, 0.1) is 25.5 Å². The smallest absolute Gasteiger partial charge is 0.230 e. The minimum absolute atomic E-state index is 0.000153. The number of pyridine rings is 1. The summed E-state index contributed by atoms with van der Waals surface area (Å²) in [5.41, 5.74) is 3.11. The van der Waals surface area contributed by atoms with Gasteiger partial charge in [0.15, 0.2) is 11.5 Å². The summed E-state index contributed by atoms with van der Waals surface area (Å²) < 4.78 is 10.6. The number of carbonyl (C=O) groups excluding carboxylic acids is 1. The average Bonchev–Trinajstić information content (AvgIpc) is 2.72. The summed E-state index contributed by atoms with van der Waals surface area (Å²) in [6.07, 6.45) is 0.726. The van der Waals surface area contributed by atoms with Gasteiger partial charge in [-0.15, -0.1) is 0 Å². The maximum absolute atomic E-state index is 12.2. The van der Waals surface area contributed by atoms with Crippen LogP contribution in [-0.2, 0) is 11.2 Å². The zero-order valence-corrected chi connectivity index (χ0v) is 17.1. The van der Waals surface area contributed by atoms with E-state index in [1.165, 1.54) is 11.8 Å². The second-order valence-electron chi connectivity index (χ2n) is 6.38. The first-order valence-electron chi connectivity index (χ1n) is 9.07. The van der Waals surface area contributed by atoms with Crippen molar-refractivity contribution in [2.75, 3.05) is 26.5 Å². The quantitative estimate of drug-likeness (QED) is 0.583. The molecule has 0 aliphatic carbocycles. The van der Waals surface area contributed by atoms with Gasteiger partial charge in [-0.3, -0.25) is 4.79 Å². The molecule has 28 heavy (non-hydrogen) atoms. The number of hydrogen-bond acceptors (Lipinski definition) is 5. The van der Waals surface area contributed by atoms with E-state index in [1.807, 2.05) is 49.4 Å². The second-order valence-corrected chi connectivity index (χ2v) is 7.35. The number of carbonyl (C=O) groups is 1. The molecule has 1 heterocycles. The number of aryl methyl sites for hydroxylation is 1. The lowest BCUT2D eigenvalue weighted by Gasteiger charge is -2.10. The summed E-state index contributed by atoms with van der Waals surface area (Å²) in [5.74, 6) is 1.74. The lowest BCUT2D eigenvalue weighted by molar-refractivity contribution is -0.118. The number of thioether (sulfide) groups is 1. The van der Waals surface area contributed by atoms with E-state index in [1.54, 1.807) is 14.2 Å². The number of fused-ring (bicyclic) bond motifs is 1. The molecule has 0 spiro atoms. The first-order valence-corrected chi connectivity index (χ1v) is 10.1. The topological polar surface area (TPSA) is 60.5 Å². The Balaban J connectivity index is 1.50. The molecule has 0 radical (unpaired) electrons. The molecule has 0 fully saturated rings. The van der Waals surface area contributed by atoms with E-state index in [4.69, 9.17) is 9.47 Å². The van der Waals surface area contributed by atoms with Crippen LogP contribution in [0, 0.1) is 6.92 Å². The highest BCUT2D eigenvalue weighted by molar-refractivity contribution is 7.99. The minimum atomic E-state index is -0.000153. The molecular formula is C22H24N2O3S. The van der Waals surface area contributed by atoms with Crippen molar-refractivity contribution in [2.45, 2.75) is 18.4 Å². The number of nitrogens with zero attached hydrogens (tertiary/aromatic N) is 1. The third kappa shape index (κ3) is 4.95. The van der Waals surface area contributed by atoms with Crippen LogP contribution < -0.4 is 14.8 Å². The van der Waals surface area contributed by atoms with Gasteiger partial charge in [0.2, 0.25) is 5.91 Å². The normalized spacial score (nSPS) is 10.7. The van der Waals surface area contributed by atoms with Crippen molar-refractivity contribution in [3.05, 3.63) is 59.7 Å². The molecule has 1 amide bonds. The molecule has 0 aliphatic rings. The molecule has 146 valence electrons. The molecular weight excluding hydrogens is 372 g/mol. The molecule has 3 aromatic rings. The van der Waals surface area contributed by atoms with Gasteiger partial charge in [-0.1, -0.05) is 36.0 Å². The Morgan fingerprint density at radius 1 is 1.07 bits per heavy atom. The molecule has 0 saturated carbocycles. The van der Waals surface area contributed by atoms with Crippen LogP contribution in [-0.4, -0.2) is 37.4 Å². The predicted molar refractivity (Wildman–Crippen MR) is 113 cm³/mol. The van der Waals surface area contributed by atoms with E-state index in [0.29, 0.717) is 23.8 Å². The maximum Gasteiger partial charge on any atom is 0.230 e. The monoisotopic (exact) mass is 396 g/mol. The number of rotatable bonds is 8. The van der Waals surface area contributed by atoms with E-state index < -0.39 is 0 Å². The molecule has 0 unspecified atom stereocenters. The Hall–Kier alpha value is -2.73. The van der Waals surface area contributed by atoms with E-state index in [2.05, 4.69) is 16.4 Å². The number of methoxy groups -OCH3 is 2. The highest BCUT2D eigenvalue weighted by Gasteiger charge is 2.09. The van der Waals surface area contributed by atoms with Gasteiger partial charge in [0.25, 0.3) is 0 Å². The third-order valence-electron chi connectivity index (χ3n) is 4.39. The van der Waals surface area contributed by atoms with Crippen molar-refractivity contribution in [3.8, 4) is 11.5 Å². The van der Waals surface area contributed by atoms with E-state index >= 15 is 0 Å². The first kappa shape index (κ1) is 20.0. The highest BCUT2D eigenvalue weighted by Crippen LogP contribution is 2.27. The Morgan fingerprint density at radius 2 is 1.86 bits per heavy atom. The van der Waals surface area contributed by atoms with Crippen molar-refractivity contribution in [2.24, 2.45) is 0 Å². The van der Waals surface area contributed by atoms with E-state index in [-0.39, 0.29) is 5.91 Å². The fourth-order valence-corrected chi connectivity index (χ4v) is 3.74. The number of hydrogen-bond donors (Lipinski definition) is 1. The number of ether oxygens (including phenoxy) is 2. The van der Waals surface area contributed by atoms with Gasteiger partial charge in [-0.05, 0) is 48.7 Å². The number of benzene rings is 2. The fraction of sp³-hybridized carbons (Fsp3) is 0.273. The minimum Gasteiger partial charge on any atom is -0.493 e. The van der Waals surface area contributed by atoms with Crippen molar-refractivity contribution >= 4 is 28.6 Å². The molecule has 0 bridgehead atoms. The van der Waals surface area contributed by atoms with Crippen LogP contribution in [0.2, 0.25) is 0 Å². The summed E-state index contributed by atoms with van der Waals surface area (Å²) >= 11 is 1.47. The Bertz CT molecular complexity index is 975. The second kappa shape index (κ2) is 9.46. The predicted octanol–water partition coefficient (Wildman–Crippen LogP) is 4.01. The molecule has 0 saturated heterocycles. The molecule has 6 heteroatoms. The van der Waals surface area contributed by atoms with Crippen LogP contribution in [0.25, 0.3) is 10.9 Å². The Morgan fingerprint density at radius 3 is 2.64 bits per heavy atom. The summed E-state index contributed by atoms with van der Waals surface area (Å²) in [5, 5.41) is 4.98. The molecule has 5 nitrogen and oxygen atoms in total. The number of aromatic nitrogens is 1. The molecule has 3 rings (SSSR count). The van der Waals surface area contributed by atoms with Gasteiger partial charge < -0.3 is 14.8 Å². The summed E-state index contributed by atoms with van der Waals surface area (Å²) in [6, 6.07) is 15.9. The lowest BCUT2D eigenvalue weighted by Crippen LogP contribution is -2.27. The molecule has 0 atom stereocenters. The summed E-state index contributed by atoms with van der Waals surface area (Å²) in [4.78, 5) is 16.9. The van der Waals surface area contributed by atoms with Crippen molar-refractivity contribution in [3.63, 3.8) is 0 Å². The van der Waals surface area contributed by atoms with Crippen LogP contribution in [0.4, 0.5) is 0 Å². The summed E-state index contributed by atoms with van der Waals surface area (Å²) in [6.45, 7) is 2.59. The number of para-hydroxylation sites is 1. The average molecular weight is 397 g/mol. The third-order valence-corrected chi connectivity index (χ3v) is 5.49. The van der Waals surface area contributed by atoms with E-state index in [0.717, 1.165) is 33.5 Å². The maximum atomic E-state index is 12.2. The van der Waals surface area contributed by atoms with Gasteiger partial charge >= 0.3 is 0 Å². The zero-order valence-electron chi connectivity index (χ0n) is 16.3. The highest BCUT2D eigenvalue weighted by atomic mass is 32.2. The molecule has 1 aromatic heterocycles. The fourth-order valence-electron chi connectivity index (χ4n) is 2.92. The van der Waals surface area contributed by atoms with E-state index in [9.17, 15) is 4.79 Å². The number of nitrogens with one attached hydrogen (secondary N) is 1. The van der Waals surface area contributed by atoms with Crippen LogP contribution in [0.1, 0.15) is 11.1 Å². The zero-order chi connectivity index (χ0) is 19.9. The largest absolute Gasteiger partial charge is 0.493 e. The van der Waals surface area contributed by atoms with Crippen LogP contribution in [0.3, 0.4) is 0 Å². The summed E-state index contributed by atoms with van der Waals surface area (Å²) in [7, 11) is 3.23. The van der Waals surface area contributed by atoms with Gasteiger partial charge in [-0.25, -0.2) is 4.98 Å². The van der Waals surface area contributed by atoms with Crippen LogP contribution in [0.15, 0.2) is 53.6 Å². The molecule has 2 aromatic carbocycles. The van der Waals surface area contributed by atoms with Gasteiger partial charge in [0, 0.05) is 11.9 Å². The Kier molecular flexibility index (Phi) is 6.76. The molecule has 0 aliphatic heterocycles. The Labute approximate surface area is 169 Å². The molecule has 1 N–H and O–H groups in total.